The molecule has 3 N–H and O–H groups in total. The smallest absolute Gasteiger partial charge is 0.408 e. The number of aliphatic imine (C=N–C) groups is 1. The molecule has 2 heterocycles. The van der Waals surface area contributed by atoms with E-state index in [1.807, 2.05) is 53.8 Å². The van der Waals surface area contributed by atoms with E-state index >= 15 is 0 Å². The number of hydrogen-bond acceptors (Lipinski definition) is 5. The van der Waals surface area contributed by atoms with E-state index < -0.39 is 17.2 Å². The molecular formula is C22H39IN6O2. The van der Waals surface area contributed by atoms with Crippen LogP contribution < -0.4 is 20.9 Å². The van der Waals surface area contributed by atoms with E-state index in [0.717, 1.165) is 31.0 Å². The van der Waals surface area contributed by atoms with Crippen LogP contribution in [-0.2, 0) is 11.3 Å². The summed E-state index contributed by atoms with van der Waals surface area (Å²) in [4.78, 5) is 23.6. The Morgan fingerprint density at radius 2 is 1.87 bits per heavy atom. The lowest BCUT2D eigenvalue weighted by atomic mass is 10.1. The van der Waals surface area contributed by atoms with Gasteiger partial charge in [0.05, 0.1) is 12.1 Å². The quantitative estimate of drug-likeness (QED) is 0.275. The highest BCUT2D eigenvalue weighted by molar-refractivity contribution is 14.0. The molecule has 1 aliphatic rings. The van der Waals surface area contributed by atoms with Crippen LogP contribution in [0.1, 0.15) is 59.9 Å². The molecule has 1 fully saturated rings. The number of halogens is 1. The zero-order valence-electron chi connectivity index (χ0n) is 19.7. The van der Waals surface area contributed by atoms with Gasteiger partial charge in [-0.3, -0.25) is 0 Å². The molecule has 8 nitrogen and oxygen atoms in total. The summed E-state index contributed by atoms with van der Waals surface area (Å²) in [5, 5.41) is 9.47. The SMILES string of the molecule is CCNC(=NCc1ccnc(N2CCCC2)c1)NCC(C)(C)NC(=O)OC(C)(C)C.I. The summed E-state index contributed by atoms with van der Waals surface area (Å²) >= 11 is 0. The number of guanidine groups is 1. The number of rotatable bonds is 7. The topological polar surface area (TPSA) is 90.9 Å². The zero-order valence-corrected chi connectivity index (χ0v) is 22.1. The third-order valence-electron chi connectivity index (χ3n) is 4.54. The van der Waals surface area contributed by atoms with Gasteiger partial charge in [0.15, 0.2) is 5.96 Å². The van der Waals surface area contributed by atoms with Gasteiger partial charge < -0.3 is 25.6 Å². The Hall–Kier alpha value is -1.78. The Labute approximate surface area is 204 Å². The van der Waals surface area contributed by atoms with Gasteiger partial charge in [0.1, 0.15) is 11.4 Å². The third kappa shape index (κ3) is 10.4. The first-order valence-corrected chi connectivity index (χ1v) is 10.8. The predicted octanol–water partition coefficient (Wildman–Crippen LogP) is 3.66. The number of nitrogens with zero attached hydrogens (tertiary/aromatic N) is 3. The minimum absolute atomic E-state index is 0. The van der Waals surface area contributed by atoms with E-state index in [4.69, 9.17) is 9.73 Å². The van der Waals surface area contributed by atoms with Crippen LogP contribution in [0, 0.1) is 0 Å². The van der Waals surface area contributed by atoms with Gasteiger partial charge in [-0.2, -0.15) is 0 Å². The molecule has 1 saturated heterocycles. The van der Waals surface area contributed by atoms with Crippen LogP contribution in [-0.4, -0.2) is 54.4 Å². The van der Waals surface area contributed by atoms with Crippen molar-refractivity contribution in [1.82, 2.24) is 20.9 Å². The first-order chi connectivity index (χ1) is 14.1. The number of alkyl carbamates (subject to hydrolysis) is 1. The average molecular weight is 546 g/mol. The van der Waals surface area contributed by atoms with E-state index in [1.165, 1.54) is 12.8 Å². The zero-order chi connectivity index (χ0) is 22.2. The second kappa shape index (κ2) is 12.3. The van der Waals surface area contributed by atoms with E-state index in [0.29, 0.717) is 19.0 Å². The average Bonchev–Trinajstić information content (AvgIpc) is 3.17. The number of carbonyl (C=O) groups excluding carboxylic acids is 1. The molecule has 0 aromatic carbocycles. The van der Waals surface area contributed by atoms with E-state index in [2.05, 4.69) is 31.9 Å². The summed E-state index contributed by atoms with van der Waals surface area (Å²) in [5.74, 6) is 1.73. The molecule has 31 heavy (non-hydrogen) atoms. The highest BCUT2D eigenvalue weighted by Crippen LogP contribution is 2.18. The van der Waals surface area contributed by atoms with Crippen LogP contribution in [0.3, 0.4) is 0 Å². The lowest BCUT2D eigenvalue weighted by molar-refractivity contribution is 0.0474. The van der Waals surface area contributed by atoms with Gasteiger partial charge in [-0.25, -0.2) is 14.8 Å². The van der Waals surface area contributed by atoms with Crippen LogP contribution in [0.25, 0.3) is 0 Å². The maximum atomic E-state index is 12.1. The molecule has 1 aromatic heterocycles. The lowest BCUT2D eigenvalue weighted by Gasteiger charge is -2.29. The largest absolute Gasteiger partial charge is 0.444 e. The van der Waals surface area contributed by atoms with Crippen LogP contribution in [0.4, 0.5) is 10.6 Å². The molecule has 1 aliphatic heterocycles. The normalized spacial score (nSPS) is 14.6. The monoisotopic (exact) mass is 546 g/mol. The molecule has 0 radical (unpaired) electrons. The van der Waals surface area contributed by atoms with Crippen molar-refractivity contribution in [2.45, 2.75) is 72.1 Å². The van der Waals surface area contributed by atoms with Crippen LogP contribution in [0.2, 0.25) is 0 Å². The second-order valence-corrected chi connectivity index (χ2v) is 9.28. The van der Waals surface area contributed by atoms with Gasteiger partial charge in [-0.15, -0.1) is 24.0 Å². The number of anilines is 1. The number of carbonyl (C=O) groups is 1. The molecule has 1 aromatic rings. The third-order valence-corrected chi connectivity index (χ3v) is 4.54. The highest BCUT2D eigenvalue weighted by Gasteiger charge is 2.24. The fourth-order valence-electron chi connectivity index (χ4n) is 3.12. The number of aromatic nitrogens is 1. The molecular weight excluding hydrogens is 507 g/mol. The van der Waals surface area contributed by atoms with Gasteiger partial charge in [0.2, 0.25) is 0 Å². The molecule has 9 heteroatoms. The summed E-state index contributed by atoms with van der Waals surface area (Å²) in [5.41, 5.74) is 0.0934. The van der Waals surface area contributed by atoms with Crippen LogP contribution in [0.5, 0.6) is 0 Å². The Bertz CT molecular complexity index is 727. The van der Waals surface area contributed by atoms with Crippen molar-refractivity contribution in [3.8, 4) is 0 Å². The molecule has 0 unspecified atom stereocenters. The van der Waals surface area contributed by atoms with Crippen LogP contribution >= 0.6 is 24.0 Å². The summed E-state index contributed by atoms with van der Waals surface area (Å²) in [6.45, 7) is 15.4. The minimum Gasteiger partial charge on any atom is -0.444 e. The van der Waals surface area contributed by atoms with Crippen molar-refractivity contribution in [3.63, 3.8) is 0 Å². The van der Waals surface area contributed by atoms with Crippen molar-refractivity contribution >= 4 is 41.8 Å². The number of hydrogen-bond donors (Lipinski definition) is 3. The van der Waals surface area contributed by atoms with Gasteiger partial charge in [-0.05, 0) is 72.1 Å². The molecule has 0 spiro atoms. The molecule has 1 amide bonds. The number of nitrogens with one attached hydrogen (secondary N) is 3. The van der Waals surface area contributed by atoms with Crippen molar-refractivity contribution < 1.29 is 9.53 Å². The summed E-state index contributed by atoms with van der Waals surface area (Å²) in [6.07, 6.45) is 3.88. The van der Waals surface area contributed by atoms with Gasteiger partial charge in [-0.1, -0.05) is 0 Å². The first-order valence-electron chi connectivity index (χ1n) is 10.8. The molecule has 0 aliphatic carbocycles. The molecule has 2 rings (SSSR count). The van der Waals surface area contributed by atoms with Crippen molar-refractivity contribution in [3.05, 3.63) is 23.9 Å². The summed E-state index contributed by atoms with van der Waals surface area (Å²) in [6, 6.07) is 4.12. The fraction of sp³-hybridized carbons (Fsp3) is 0.682. The molecule has 176 valence electrons. The maximum Gasteiger partial charge on any atom is 0.408 e. The Kier molecular flexibility index (Phi) is 10.8. The number of ether oxygens (including phenoxy) is 1. The fourth-order valence-corrected chi connectivity index (χ4v) is 3.12. The standard InChI is InChI=1S/C22H38N6O2.HI/c1-7-23-19(26-16-22(5,6)27-20(29)30-21(2,3)4)25-15-17-10-11-24-18(14-17)28-12-8-9-13-28;/h10-11,14H,7-9,12-13,15-16H2,1-6H3,(H,27,29)(H2,23,25,26);1H. The van der Waals surface area contributed by atoms with E-state index in [-0.39, 0.29) is 24.0 Å². The number of amides is 1. The molecule has 0 bridgehead atoms. The first kappa shape index (κ1) is 27.3. The second-order valence-electron chi connectivity index (χ2n) is 9.28. The minimum atomic E-state index is -0.525. The Morgan fingerprint density at radius 3 is 2.48 bits per heavy atom. The molecule has 0 atom stereocenters. The van der Waals surface area contributed by atoms with Crippen molar-refractivity contribution in [2.75, 3.05) is 31.1 Å². The Morgan fingerprint density at radius 1 is 1.19 bits per heavy atom. The molecule has 0 saturated carbocycles. The Balaban J connectivity index is 0.00000480. The summed E-state index contributed by atoms with van der Waals surface area (Å²) < 4.78 is 5.35. The maximum absolute atomic E-state index is 12.1. The summed E-state index contributed by atoms with van der Waals surface area (Å²) in [7, 11) is 0. The highest BCUT2D eigenvalue weighted by atomic mass is 127. The predicted molar refractivity (Wildman–Crippen MR) is 137 cm³/mol. The van der Waals surface area contributed by atoms with E-state index in [1.54, 1.807) is 0 Å². The lowest BCUT2D eigenvalue weighted by Crippen LogP contribution is -2.54. The van der Waals surface area contributed by atoms with E-state index in [9.17, 15) is 4.79 Å². The van der Waals surface area contributed by atoms with Crippen LogP contribution in [0.15, 0.2) is 23.3 Å². The number of pyridine rings is 1. The van der Waals surface area contributed by atoms with Crippen molar-refractivity contribution in [2.24, 2.45) is 4.99 Å². The van der Waals surface area contributed by atoms with Crippen molar-refractivity contribution in [1.29, 1.82) is 0 Å². The van der Waals surface area contributed by atoms with Gasteiger partial charge in [0, 0.05) is 32.4 Å². The van der Waals surface area contributed by atoms with Gasteiger partial charge in [0.25, 0.3) is 0 Å². The van der Waals surface area contributed by atoms with Gasteiger partial charge >= 0.3 is 6.09 Å².